The zero-order valence-corrected chi connectivity index (χ0v) is 9.83. The number of hydrogen-bond acceptors (Lipinski definition) is 2. The quantitative estimate of drug-likeness (QED) is 0.801. The fraction of sp³-hybridized carbons (Fsp3) is 0.462. The fourth-order valence-electron chi connectivity index (χ4n) is 1.63. The lowest BCUT2D eigenvalue weighted by molar-refractivity contribution is 0.392. The Balaban J connectivity index is 3.13. The third-order valence-electron chi connectivity index (χ3n) is 2.83. The first-order valence-electron chi connectivity index (χ1n) is 5.12. The van der Waals surface area contributed by atoms with Gasteiger partial charge in [0, 0.05) is 6.04 Å². The van der Waals surface area contributed by atoms with Gasteiger partial charge in [-0.1, -0.05) is 23.8 Å². The summed E-state index contributed by atoms with van der Waals surface area (Å²) in [4.78, 5) is 0. The van der Waals surface area contributed by atoms with Gasteiger partial charge in [0.05, 0.1) is 11.5 Å². The van der Waals surface area contributed by atoms with E-state index in [1.54, 1.807) is 0 Å². The molecule has 0 aliphatic rings. The van der Waals surface area contributed by atoms with E-state index in [4.69, 9.17) is 11.0 Å². The molecule has 0 amide bonds. The van der Waals surface area contributed by atoms with Gasteiger partial charge in [0.2, 0.25) is 0 Å². The SMILES string of the molecule is Cc1ccc(C(N)C(C)(C)C#N)c(C)c1. The van der Waals surface area contributed by atoms with Gasteiger partial charge < -0.3 is 5.73 Å². The second kappa shape index (κ2) is 4.04. The van der Waals surface area contributed by atoms with Gasteiger partial charge in [0.15, 0.2) is 0 Å². The first-order chi connectivity index (χ1) is 6.88. The van der Waals surface area contributed by atoms with Crippen LogP contribution in [0.3, 0.4) is 0 Å². The maximum atomic E-state index is 9.04. The molecule has 1 aromatic carbocycles. The summed E-state index contributed by atoms with van der Waals surface area (Å²) in [6.07, 6.45) is 0. The van der Waals surface area contributed by atoms with Crippen molar-refractivity contribution in [2.24, 2.45) is 11.1 Å². The van der Waals surface area contributed by atoms with Crippen LogP contribution in [0.2, 0.25) is 0 Å². The van der Waals surface area contributed by atoms with E-state index in [1.165, 1.54) is 5.56 Å². The van der Waals surface area contributed by atoms with Crippen LogP contribution in [0.25, 0.3) is 0 Å². The van der Waals surface area contributed by atoms with Gasteiger partial charge in [-0.2, -0.15) is 5.26 Å². The second-order valence-corrected chi connectivity index (χ2v) is 4.67. The molecule has 1 aromatic rings. The maximum Gasteiger partial charge on any atom is 0.0710 e. The Labute approximate surface area is 91.7 Å². The standard InChI is InChI=1S/C13H18N2/c1-9-5-6-11(10(2)7-9)12(15)13(3,4)8-14/h5-7,12H,15H2,1-4H3. The molecule has 0 bridgehead atoms. The fourth-order valence-corrected chi connectivity index (χ4v) is 1.63. The van der Waals surface area contributed by atoms with Crippen LogP contribution in [-0.2, 0) is 0 Å². The highest BCUT2D eigenvalue weighted by atomic mass is 14.7. The molecule has 0 fully saturated rings. The first-order valence-corrected chi connectivity index (χ1v) is 5.12. The molecule has 0 aliphatic heterocycles. The number of hydrogen-bond donors (Lipinski definition) is 1. The molecule has 1 atom stereocenters. The minimum absolute atomic E-state index is 0.233. The third kappa shape index (κ3) is 2.37. The van der Waals surface area contributed by atoms with E-state index >= 15 is 0 Å². The summed E-state index contributed by atoms with van der Waals surface area (Å²) in [5.74, 6) is 0. The highest BCUT2D eigenvalue weighted by molar-refractivity contribution is 5.34. The van der Waals surface area contributed by atoms with E-state index in [-0.39, 0.29) is 6.04 Å². The van der Waals surface area contributed by atoms with E-state index in [1.807, 2.05) is 32.9 Å². The Morgan fingerprint density at radius 2 is 1.93 bits per heavy atom. The maximum absolute atomic E-state index is 9.04. The summed E-state index contributed by atoms with van der Waals surface area (Å²) in [5, 5.41) is 9.04. The molecule has 1 unspecified atom stereocenters. The summed E-state index contributed by atoms with van der Waals surface area (Å²) < 4.78 is 0. The summed E-state index contributed by atoms with van der Waals surface area (Å²) >= 11 is 0. The van der Waals surface area contributed by atoms with Crippen LogP contribution in [0.15, 0.2) is 18.2 Å². The van der Waals surface area contributed by atoms with Gasteiger partial charge in [-0.15, -0.1) is 0 Å². The van der Waals surface area contributed by atoms with Crippen molar-refractivity contribution < 1.29 is 0 Å². The van der Waals surface area contributed by atoms with Crippen molar-refractivity contribution in [3.05, 3.63) is 34.9 Å². The Hall–Kier alpha value is -1.33. The van der Waals surface area contributed by atoms with Gasteiger partial charge >= 0.3 is 0 Å². The lowest BCUT2D eigenvalue weighted by Crippen LogP contribution is -2.28. The van der Waals surface area contributed by atoms with Gasteiger partial charge in [-0.05, 0) is 38.8 Å². The van der Waals surface area contributed by atoms with Gasteiger partial charge in [-0.3, -0.25) is 0 Å². The smallest absolute Gasteiger partial charge is 0.0710 e. The van der Waals surface area contributed by atoms with Crippen LogP contribution in [0.1, 0.15) is 36.6 Å². The molecule has 0 aromatic heterocycles. The minimum atomic E-state index is -0.528. The molecule has 0 saturated carbocycles. The molecule has 15 heavy (non-hydrogen) atoms. The van der Waals surface area contributed by atoms with Crippen molar-refractivity contribution in [1.29, 1.82) is 5.26 Å². The zero-order valence-electron chi connectivity index (χ0n) is 9.83. The van der Waals surface area contributed by atoms with Crippen LogP contribution in [0.4, 0.5) is 0 Å². The molecule has 0 radical (unpaired) electrons. The van der Waals surface area contributed by atoms with Crippen molar-refractivity contribution in [3.8, 4) is 6.07 Å². The molecule has 1 rings (SSSR count). The largest absolute Gasteiger partial charge is 0.323 e. The van der Waals surface area contributed by atoms with Crippen molar-refractivity contribution >= 4 is 0 Å². The summed E-state index contributed by atoms with van der Waals surface area (Å²) in [7, 11) is 0. The zero-order chi connectivity index (χ0) is 11.6. The Morgan fingerprint density at radius 3 is 2.40 bits per heavy atom. The highest BCUT2D eigenvalue weighted by Gasteiger charge is 2.28. The lowest BCUT2D eigenvalue weighted by atomic mass is 9.81. The minimum Gasteiger partial charge on any atom is -0.323 e. The lowest BCUT2D eigenvalue weighted by Gasteiger charge is -2.26. The van der Waals surface area contributed by atoms with E-state index < -0.39 is 5.41 Å². The number of nitriles is 1. The number of nitrogens with two attached hydrogens (primary N) is 1. The highest BCUT2D eigenvalue weighted by Crippen LogP contribution is 2.32. The number of rotatable bonds is 2. The summed E-state index contributed by atoms with van der Waals surface area (Å²) in [6, 6.07) is 8.18. The molecule has 0 heterocycles. The van der Waals surface area contributed by atoms with Crippen LogP contribution in [0.5, 0.6) is 0 Å². The van der Waals surface area contributed by atoms with Crippen molar-refractivity contribution in [2.45, 2.75) is 33.7 Å². The van der Waals surface area contributed by atoms with Crippen molar-refractivity contribution in [3.63, 3.8) is 0 Å². The van der Waals surface area contributed by atoms with E-state index in [9.17, 15) is 0 Å². The number of benzene rings is 1. The molecule has 2 N–H and O–H groups in total. The van der Waals surface area contributed by atoms with E-state index in [2.05, 4.69) is 19.1 Å². The Bertz CT molecular complexity index is 399. The Morgan fingerprint density at radius 1 is 1.33 bits per heavy atom. The molecular formula is C13H18N2. The second-order valence-electron chi connectivity index (χ2n) is 4.67. The van der Waals surface area contributed by atoms with Crippen molar-refractivity contribution in [2.75, 3.05) is 0 Å². The van der Waals surface area contributed by atoms with Crippen LogP contribution < -0.4 is 5.73 Å². The molecule has 2 heteroatoms. The summed E-state index contributed by atoms with van der Waals surface area (Å²) in [6.45, 7) is 7.83. The predicted octanol–water partition coefficient (Wildman–Crippen LogP) is 2.85. The molecule has 0 aliphatic carbocycles. The van der Waals surface area contributed by atoms with Crippen LogP contribution >= 0.6 is 0 Å². The number of aryl methyl sites for hydroxylation is 2. The molecule has 0 spiro atoms. The molecule has 80 valence electrons. The normalized spacial score (nSPS) is 13.3. The predicted molar refractivity (Wildman–Crippen MR) is 62.2 cm³/mol. The van der Waals surface area contributed by atoms with Crippen LogP contribution in [-0.4, -0.2) is 0 Å². The van der Waals surface area contributed by atoms with Gasteiger partial charge in [-0.25, -0.2) is 0 Å². The Kier molecular flexibility index (Phi) is 3.16. The van der Waals surface area contributed by atoms with E-state index in [0.717, 1.165) is 11.1 Å². The monoisotopic (exact) mass is 202 g/mol. The number of nitrogens with zero attached hydrogens (tertiary/aromatic N) is 1. The first kappa shape index (κ1) is 11.7. The van der Waals surface area contributed by atoms with Crippen LogP contribution in [0, 0.1) is 30.6 Å². The van der Waals surface area contributed by atoms with Gasteiger partial charge in [0.25, 0.3) is 0 Å². The van der Waals surface area contributed by atoms with E-state index in [0.29, 0.717) is 0 Å². The average molecular weight is 202 g/mol. The molecule has 0 saturated heterocycles. The molecule has 2 nitrogen and oxygen atoms in total. The van der Waals surface area contributed by atoms with Gasteiger partial charge in [0.1, 0.15) is 0 Å². The third-order valence-corrected chi connectivity index (χ3v) is 2.83. The molecular weight excluding hydrogens is 184 g/mol. The average Bonchev–Trinajstić information content (AvgIpc) is 2.17. The topological polar surface area (TPSA) is 49.8 Å². The summed E-state index contributed by atoms with van der Waals surface area (Å²) in [5.41, 5.74) is 9.02. The van der Waals surface area contributed by atoms with Crippen molar-refractivity contribution in [1.82, 2.24) is 0 Å².